The zero-order chi connectivity index (χ0) is 20.7. The molecule has 1 N–H and O–H groups in total. The molecule has 2 amide bonds. The standard InChI is InChI=1S/C19H21N5O3S2/c1-10-15(17(26)23(2)3)29-18(20-10)22-16(25)11-8-24(9-11)19-21-14-12(27-4)6-5-7-13(14)28-19/h5-7,11H,8-9H2,1-4H3,(H,20,22,25). The van der Waals surface area contributed by atoms with Crippen molar-refractivity contribution in [3.05, 3.63) is 28.8 Å². The van der Waals surface area contributed by atoms with Gasteiger partial charge in [-0.05, 0) is 19.1 Å². The molecule has 0 aliphatic carbocycles. The average Bonchev–Trinajstić information content (AvgIpc) is 3.22. The van der Waals surface area contributed by atoms with Gasteiger partial charge in [-0.1, -0.05) is 28.7 Å². The second-order valence-electron chi connectivity index (χ2n) is 7.03. The molecular formula is C19H21N5O3S2. The van der Waals surface area contributed by atoms with Gasteiger partial charge in [0.2, 0.25) is 5.91 Å². The molecule has 10 heteroatoms. The first-order valence-electron chi connectivity index (χ1n) is 9.05. The first-order chi connectivity index (χ1) is 13.9. The zero-order valence-corrected chi connectivity index (χ0v) is 18.2. The third-order valence-electron chi connectivity index (χ3n) is 4.74. The molecule has 1 aliphatic rings. The van der Waals surface area contributed by atoms with Crippen molar-refractivity contribution in [2.75, 3.05) is 44.5 Å². The van der Waals surface area contributed by atoms with Crippen molar-refractivity contribution in [2.45, 2.75) is 6.92 Å². The van der Waals surface area contributed by atoms with Crippen LogP contribution in [0.2, 0.25) is 0 Å². The van der Waals surface area contributed by atoms with Crippen LogP contribution >= 0.6 is 22.7 Å². The Hall–Kier alpha value is -2.72. The summed E-state index contributed by atoms with van der Waals surface area (Å²) in [5.74, 6) is 0.419. The molecule has 1 aromatic carbocycles. The van der Waals surface area contributed by atoms with Crippen LogP contribution in [0.15, 0.2) is 18.2 Å². The number of carbonyl (C=O) groups excluding carboxylic acids is 2. The van der Waals surface area contributed by atoms with Crippen LogP contribution in [0.4, 0.5) is 10.3 Å². The number of nitrogens with one attached hydrogen (secondary N) is 1. The number of anilines is 2. The Balaban J connectivity index is 1.40. The highest BCUT2D eigenvalue weighted by Crippen LogP contribution is 2.36. The third kappa shape index (κ3) is 3.65. The Bertz CT molecular complexity index is 1080. The van der Waals surface area contributed by atoms with Crippen LogP contribution in [0.5, 0.6) is 5.75 Å². The number of methoxy groups -OCH3 is 1. The lowest BCUT2D eigenvalue weighted by atomic mass is 10.0. The third-order valence-corrected chi connectivity index (χ3v) is 6.88. The Morgan fingerprint density at radius 1 is 1.24 bits per heavy atom. The largest absolute Gasteiger partial charge is 0.494 e. The molecule has 1 fully saturated rings. The lowest BCUT2D eigenvalue weighted by molar-refractivity contribution is -0.120. The molecule has 152 valence electrons. The number of nitrogens with zero attached hydrogens (tertiary/aromatic N) is 4. The highest BCUT2D eigenvalue weighted by molar-refractivity contribution is 7.22. The summed E-state index contributed by atoms with van der Waals surface area (Å²) in [6.07, 6.45) is 0. The van der Waals surface area contributed by atoms with Gasteiger partial charge in [0.05, 0.1) is 23.4 Å². The Morgan fingerprint density at radius 3 is 2.69 bits per heavy atom. The molecule has 0 unspecified atom stereocenters. The van der Waals surface area contributed by atoms with E-state index >= 15 is 0 Å². The van der Waals surface area contributed by atoms with E-state index in [2.05, 4.69) is 20.2 Å². The minimum absolute atomic E-state index is 0.0856. The van der Waals surface area contributed by atoms with E-state index < -0.39 is 0 Å². The number of rotatable bonds is 5. The molecule has 4 rings (SSSR count). The minimum Gasteiger partial charge on any atom is -0.494 e. The maximum Gasteiger partial charge on any atom is 0.265 e. The van der Waals surface area contributed by atoms with Crippen LogP contribution in [0.3, 0.4) is 0 Å². The minimum atomic E-state index is -0.138. The average molecular weight is 432 g/mol. The predicted molar refractivity (Wildman–Crippen MR) is 115 cm³/mol. The van der Waals surface area contributed by atoms with Crippen molar-refractivity contribution >= 4 is 55.0 Å². The van der Waals surface area contributed by atoms with Gasteiger partial charge in [-0.2, -0.15) is 0 Å². The van der Waals surface area contributed by atoms with E-state index in [9.17, 15) is 9.59 Å². The van der Waals surface area contributed by atoms with Gasteiger partial charge in [0.25, 0.3) is 5.91 Å². The zero-order valence-electron chi connectivity index (χ0n) is 16.6. The number of carbonyl (C=O) groups is 2. The fraction of sp³-hybridized carbons (Fsp3) is 0.368. The quantitative estimate of drug-likeness (QED) is 0.668. The summed E-state index contributed by atoms with van der Waals surface area (Å²) in [5.41, 5.74) is 1.47. The lowest BCUT2D eigenvalue weighted by Crippen LogP contribution is -2.52. The van der Waals surface area contributed by atoms with Gasteiger partial charge in [0.1, 0.15) is 16.1 Å². The molecule has 1 saturated heterocycles. The molecule has 3 aromatic rings. The number of thiazole rings is 2. The Kier molecular flexibility index (Phi) is 5.13. The first-order valence-corrected chi connectivity index (χ1v) is 10.7. The molecule has 3 heterocycles. The Labute approximate surface area is 176 Å². The van der Waals surface area contributed by atoms with E-state index in [4.69, 9.17) is 4.74 Å². The van der Waals surface area contributed by atoms with Crippen molar-refractivity contribution in [3.63, 3.8) is 0 Å². The molecule has 2 aromatic heterocycles. The molecule has 0 bridgehead atoms. The number of ether oxygens (including phenoxy) is 1. The van der Waals surface area contributed by atoms with E-state index in [1.165, 1.54) is 16.2 Å². The molecule has 0 atom stereocenters. The fourth-order valence-corrected chi connectivity index (χ4v) is 5.06. The summed E-state index contributed by atoms with van der Waals surface area (Å²) in [6.45, 7) is 2.97. The predicted octanol–water partition coefficient (Wildman–Crippen LogP) is 2.85. The van der Waals surface area contributed by atoms with E-state index in [-0.39, 0.29) is 17.7 Å². The second kappa shape index (κ2) is 7.60. The summed E-state index contributed by atoms with van der Waals surface area (Å²) >= 11 is 2.80. The van der Waals surface area contributed by atoms with E-state index in [0.717, 1.165) is 21.1 Å². The van der Waals surface area contributed by atoms with E-state index in [1.807, 2.05) is 18.2 Å². The van der Waals surface area contributed by atoms with Crippen molar-refractivity contribution in [1.29, 1.82) is 0 Å². The highest BCUT2D eigenvalue weighted by Gasteiger charge is 2.35. The van der Waals surface area contributed by atoms with Gasteiger partial charge in [0, 0.05) is 27.2 Å². The summed E-state index contributed by atoms with van der Waals surface area (Å²) in [5, 5.41) is 4.20. The van der Waals surface area contributed by atoms with Crippen molar-refractivity contribution in [3.8, 4) is 5.75 Å². The van der Waals surface area contributed by atoms with Gasteiger partial charge in [0.15, 0.2) is 10.3 Å². The summed E-state index contributed by atoms with van der Waals surface area (Å²) in [4.78, 5) is 37.8. The maximum atomic E-state index is 12.6. The number of benzene rings is 1. The van der Waals surface area contributed by atoms with Gasteiger partial charge < -0.3 is 19.9 Å². The van der Waals surface area contributed by atoms with Crippen molar-refractivity contribution in [2.24, 2.45) is 5.92 Å². The lowest BCUT2D eigenvalue weighted by Gasteiger charge is -2.37. The van der Waals surface area contributed by atoms with Gasteiger partial charge >= 0.3 is 0 Å². The number of fused-ring (bicyclic) bond motifs is 1. The van der Waals surface area contributed by atoms with Gasteiger partial charge in [-0.25, -0.2) is 9.97 Å². The molecule has 8 nitrogen and oxygen atoms in total. The van der Waals surface area contributed by atoms with Gasteiger partial charge in [-0.3, -0.25) is 9.59 Å². The van der Waals surface area contributed by atoms with Crippen LogP contribution < -0.4 is 15.0 Å². The number of aromatic nitrogens is 2. The number of aryl methyl sites for hydroxylation is 1. The Morgan fingerprint density at radius 2 is 2.00 bits per heavy atom. The van der Waals surface area contributed by atoms with E-state index in [1.54, 1.807) is 39.5 Å². The molecular weight excluding hydrogens is 410 g/mol. The van der Waals surface area contributed by atoms with Gasteiger partial charge in [-0.15, -0.1) is 0 Å². The highest BCUT2D eigenvalue weighted by atomic mass is 32.1. The normalized spacial score (nSPS) is 14.0. The van der Waals surface area contributed by atoms with Crippen LogP contribution in [0.25, 0.3) is 10.2 Å². The molecule has 29 heavy (non-hydrogen) atoms. The SMILES string of the molecule is COc1cccc2sc(N3CC(C(=O)Nc4nc(C)c(C(=O)N(C)C)s4)C3)nc12. The molecule has 0 radical (unpaired) electrons. The second-order valence-corrected chi connectivity index (χ2v) is 9.04. The van der Waals surface area contributed by atoms with Crippen LogP contribution in [0, 0.1) is 12.8 Å². The summed E-state index contributed by atoms with van der Waals surface area (Å²) < 4.78 is 6.43. The van der Waals surface area contributed by atoms with Crippen molar-refractivity contribution < 1.29 is 14.3 Å². The number of para-hydroxylation sites is 1. The maximum absolute atomic E-state index is 12.6. The van der Waals surface area contributed by atoms with Crippen LogP contribution in [-0.4, -0.2) is 61.0 Å². The monoisotopic (exact) mass is 431 g/mol. The topological polar surface area (TPSA) is 87.7 Å². The number of hydrogen-bond donors (Lipinski definition) is 1. The smallest absolute Gasteiger partial charge is 0.265 e. The van der Waals surface area contributed by atoms with Crippen LogP contribution in [-0.2, 0) is 4.79 Å². The number of amides is 2. The van der Waals surface area contributed by atoms with Crippen molar-refractivity contribution in [1.82, 2.24) is 14.9 Å². The van der Waals surface area contributed by atoms with Crippen LogP contribution in [0.1, 0.15) is 15.4 Å². The van der Waals surface area contributed by atoms with E-state index in [0.29, 0.717) is 28.8 Å². The summed E-state index contributed by atoms with van der Waals surface area (Å²) in [6, 6.07) is 5.85. The molecule has 1 aliphatic heterocycles. The first kappa shape index (κ1) is 19.6. The number of hydrogen-bond acceptors (Lipinski definition) is 8. The summed E-state index contributed by atoms with van der Waals surface area (Å²) in [7, 11) is 5.02. The fourth-order valence-electron chi connectivity index (χ4n) is 3.07. The molecule has 0 saturated carbocycles. The molecule has 0 spiro atoms.